The molecule has 2 fully saturated rings. The molecule has 4 aliphatic heterocycles. The van der Waals surface area contributed by atoms with Crippen LogP contribution in [-0.2, 0) is 4.74 Å². The Morgan fingerprint density at radius 1 is 1.15 bits per heavy atom. The smallest absolute Gasteiger partial charge is 0.335 e. The summed E-state index contributed by atoms with van der Waals surface area (Å²) >= 11 is 0. The van der Waals surface area contributed by atoms with Gasteiger partial charge in [0.15, 0.2) is 0 Å². The van der Waals surface area contributed by atoms with Crippen LogP contribution in [0.25, 0.3) is 0 Å². The van der Waals surface area contributed by atoms with Gasteiger partial charge in [-0.15, -0.1) is 0 Å². The lowest BCUT2D eigenvalue weighted by molar-refractivity contribution is -0.0452. The van der Waals surface area contributed by atoms with Crippen molar-refractivity contribution in [3.8, 4) is 0 Å². The first kappa shape index (κ1) is 27.4. The number of nitrogens with zero attached hydrogens (tertiary/aromatic N) is 5. The van der Waals surface area contributed by atoms with E-state index in [-0.39, 0.29) is 12.3 Å². The lowest BCUT2D eigenvalue weighted by Gasteiger charge is -2.40. The quantitative estimate of drug-likeness (QED) is 0.462. The number of nitrogens with one attached hydrogen (secondary N) is 1. The molecule has 216 valence electrons. The number of carboxylic acid groups (broad SMARTS) is 1. The number of piperazine rings is 1. The van der Waals surface area contributed by atoms with E-state index in [1.807, 2.05) is 12.1 Å². The summed E-state index contributed by atoms with van der Waals surface area (Å²) in [5.74, 6) is 1.10. The van der Waals surface area contributed by atoms with Crippen molar-refractivity contribution in [3.05, 3.63) is 78.0 Å². The normalized spacial score (nSPS) is 23.0. The number of allylic oxidation sites excluding steroid dienone is 4. The Hall–Kier alpha value is -3.82. The van der Waals surface area contributed by atoms with Gasteiger partial charge in [-0.25, -0.2) is 9.78 Å². The van der Waals surface area contributed by atoms with Crippen molar-refractivity contribution in [2.45, 2.75) is 38.5 Å². The van der Waals surface area contributed by atoms with Crippen molar-refractivity contribution in [3.63, 3.8) is 0 Å². The van der Waals surface area contributed by atoms with Crippen molar-refractivity contribution in [1.29, 1.82) is 0 Å². The van der Waals surface area contributed by atoms with Crippen molar-refractivity contribution < 1.29 is 14.6 Å². The van der Waals surface area contributed by atoms with Crippen LogP contribution in [0.1, 0.15) is 36.5 Å². The summed E-state index contributed by atoms with van der Waals surface area (Å²) in [4.78, 5) is 26.2. The number of fused-ring (bicyclic) bond motifs is 1. The van der Waals surface area contributed by atoms with Gasteiger partial charge in [0, 0.05) is 58.1 Å². The number of pyridine rings is 1. The molecule has 2 N–H and O–H groups in total. The molecule has 6 rings (SSSR count). The average Bonchev–Trinajstić information content (AvgIpc) is 3.31. The molecule has 1 aromatic carbocycles. The van der Waals surface area contributed by atoms with Gasteiger partial charge < -0.3 is 29.9 Å². The number of aromatic nitrogens is 1. The lowest BCUT2D eigenvalue weighted by Crippen LogP contribution is -2.54. The molecule has 0 bridgehead atoms. The zero-order valence-corrected chi connectivity index (χ0v) is 23.8. The van der Waals surface area contributed by atoms with E-state index in [1.54, 1.807) is 12.1 Å². The van der Waals surface area contributed by atoms with E-state index in [9.17, 15) is 9.90 Å². The lowest BCUT2D eigenvalue weighted by atomic mass is 10.0. The van der Waals surface area contributed by atoms with Crippen LogP contribution >= 0.6 is 0 Å². The summed E-state index contributed by atoms with van der Waals surface area (Å²) in [5.41, 5.74) is 4.72. The number of ether oxygens (including phenoxy) is 1. The number of aromatic carboxylic acids is 1. The predicted octanol–water partition coefficient (Wildman–Crippen LogP) is 4.57. The van der Waals surface area contributed by atoms with Crippen molar-refractivity contribution in [2.75, 3.05) is 72.4 Å². The number of hydrogen-bond donors (Lipinski definition) is 2. The molecule has 0 saturated carbocycles. The third-order valence-corrected chi connectivity index (χ3v) is 8.59. The summed E-state index contributed by atoms with van der Waals surface area (Å²) in [7, 11) is 0. The molecule has 9 nitrogen and oxygen atoms in total. The van der Waals surface area contributed by atoms with Gasteiger partial charge in [-0.3, -0.25) is 4.90 Å². The standard InChI is InChI=1S/C32H40N6O3/c1-3-7-27-23(4-2)8-6-14-37(27)30-10-5-9-29(34-30)36-17-15-35(16-18-36)22-31-33-26-12-11-24(32(39)40)20-28(26)38(31)21-25-13-19-41-25/h3-5,7,9-12,20,25,31,33H,2,6,8,13-19,21-22H2,1H3,(H,39,40)/b7-3-. The van der Waals surface area contributed by atoms with Crippen LogP contribution in [0.15, 0.2) is 72.5 Å². The summed E-state index contributed by atoms with van der Waals surface area (Å²) in [6.07, 6.45) is 9.68. The summed E-state index contributed by atoms with van der Waals surface area (Å²) < 4.78 is 5.74. The SMILES string of the molecule is C=CC1=C(/C=C\C)N(c2cccc(N3CCN(CC4Nc5ccc(C(=O)O)cc5N4CC4CCO4)CC3)n2)CCC1. The maximum Gasteiger partial charge on any atom is 0.335 e. The first-order valence-corrected chi connectivity index (χ1v) is 14.8. The highest BCUT2D eigenvalue weighted by Crippen LogP contribution is 2.37. The van der Waals surface area contributed by atoms with Gasteiger partial charge in [0.2, 0.25) is 0 Å². The Kier molecular flexibility index (Phi) is 7.98. The van der Waals surface area contributed by atoms with E-state index in [4.69, 9.17) is 9.72 Å². The average molecular weight is 557 g/mol. The first-order valence-electron chi connectivity index (χ1n) is 14.8. The Morgan fingerprint density at radius 2 is 1.95 bits per heavy atom. The molecular weight excluding hydrogens is 516 g/mol. The summed E-state index contributed by atoms with van der Waals surface area (Å²) in [6.45, 7) is 13.1. The third-order valence-electron chi connectivity index (χ3n) is 8.59. The molecule has 5 heterocycles. The molecule has 1 aromatic heterocycles. The van der Waals surface area contributed by atoms with Gasteiger partial charge >= 0.3 is 5.97 Å². The van der Waals surface area contributed by atoms with Crippen molar-refractivity contribution in [2.24, 2.45) is 0 Å². The van der Waals surface area contributed by atoms with Crippen LogP contribution in [0.4, 0.5) is 23.0 Å². The van der Waals surface area contributed by atoms with E-state index >= 15 is 0 Å². The largest absolute Gasteiger partial charge is 0.478 e. The van der Waals surface area contributed by atoms with E-state index in [0.29, 0.717) is 5.56 Å². The fourth-order valence-corrected chi connectivity index (χ4v) is 6.26. The second-order valence-corrected chi connectivity index (χ2v) is 11.1. The van der Waals surface area contributed by atoms with Gasteiger partial charge in [-0.2, -0.15) is 0 Å². The minimum Gasteiger partial charge on any atom is -0.478 e. The van der Waals surface area contributed by atoms with Crippen molar-refractivity contribution in [1.82, 2.24) is 9.88 Å². The minimum atomic E-state index is -0.902. The topological polar surface area (TPSA) is 84.4 Å². The second-order valence-electron chi connectivity index (χ2n) is 11.1. The van der Waals surface area contributed by atoms with Crippen LogP contribution in [0.3, 0.4) is 0 Å². The predicted molar refractivity (Wildman–Crippen MR) is 164 cm³/mol. The highest BCUT2D eigenvalue weighted by atomic mass is 16.5. The monoisotopic (exact) mass is 556 g/mol. The summed E-state index contributed by atoms with van der Waals surface area (Å²) in [5, 5.41) is 13.2. The van der Waals surface area contributed by atoms with E-state index < -0.39 is 5.97 Å². The Balaban J connectivity index is 1.12. The second kappa shape index (κ2) is 12.0. The first-order chi connectivity index (χ1) is 20.0. The fourth-order valence-electron chi connectivity index (χ4n) is 6.26. The zero-order valence-electron chi connectivity index (χ0n) is 23.8. The van der Waals surface area contributed by atoms with Crippen LogP contribution in [-0.4, -0.2) is 85.6 Å². The maximum atomic E-state index is 11.6. The molecule has 2 aromatic rings. The Morgan fingerprint density at radius 3 is 2.66 bits per heavy atom. The highest BCUT2D eigenvalue weighted by molar-refractivity contribution is 5.92. The maximum absolute atomic E-state index is 11.6. The fraction of sp³-hybridized carbons (Fsp3) is 0.438. The van der Waals surface area contributed by atoms with Gasteiger partial charge in [0.05, 0.1) is 23.0 Å². The van der Waals surface area contributed by atoms with Crippen LogP contribution in [0, 0.1) is 0 Å². The third kappa shape index (κ3) is 5.69. The molecule has 0 radical (unpaired) electrons. The molecular formula is C32H40N6O3. The minimum absolute atomic E-state index is 0.0706. The van der Waals surface area contributed by atoms with Gasteiger partial charge in [-0.1, -0.05) is 24.8 Å². The number of anilines is 4. The number of benzene rings is 1. The Labute approximate surface area is 242 Å². The number of carboxylic acids is 1. The highest BCUT2D eigenvalue weighted by Gasteiger charge is 2.35. The van der Waals surface area contributed by atoms with Crippen LogP contribution in [0.5, 0.6) is 0 Å². The van der Waals surface area contributed by atoms with Crippen molar-refractivity contribution >= 4 is 29.0 Å². The molecule has 0 amide bonds. The van der Waals surface area contributed by atoms with E-state index in [2.05, 4.69) is 68.8 Å². The van der Waals surface area contributed by atoms with Gasteiger partial charge in [-0.05, 0) is 68.2 Å². The van der Waals surface area contributed by atoms with Crippen LogP contribution in [0.2, 0.25) is 0 Å². The van der Waals surface area contributed by atoms with Gasteiger partial charge in [0.1, 0.15) is 17.8 Å². The molecule has 0 aliphatic carbocycles. The van der Waals surface area contributed by atoms with Crippen LogP contribution < -0.4 is 20.0 Å². The van der Waals surface area contributed by atoms with Gasteiger partial charge in [0.25, 0.3) is 0 Å². The molecule has 41 heavy (non-hydrogen) atoms. The Bertz CT molecular complexity index is 1340. The molecule has 2 unspecified atom stereocenters. The number of carbonyl (C=O) groups is 1. The van der Waals surface area contributed by atoms with E-state index in [1.165, 1.54) is 11.3 Å². The van der Waals surface area contributed by atoms with E-state index in [0.717, 1.165) is 94.7 Å². The molecule has 2 saturated heterocycles. The number of hydrogen-bond acceptors (Lipinski definition) is 8. The molecule has 2 atom stereocenters. The molecule has 0 spiro atoms. The summed E-state index contributed by atoms with van der Waals surface area (Å²) in [6, 6.07) is 11.7. The molecule has 9 heteroatoms. The zero-order chi connectivity index (χ0) is 28.3. The molecule has 4 aliphatic rings. The number of rotatable bonds is 9.